The van der Waals surface area contributed by atoms with Crippen molar-refractivity contribution >= 4 is 35.0 Å². The van der Waals surface area contributed by atoms with Gasteiger partial charge in [-0.1, -0.05) is 29.8 Å². The van der Waals surface area contributed by atoms with Crippen LogP contribution in [0.15, 0.2) is 73.1 Å². The Hall–Kier alpha value is -3.55. The van der Waals surface area contributed by atoms with Crippen molar-refractivity contribution < 1.29 is 14.3 Å². The molecule has 1 aliphatic heterocycles. The van der Waals surface area contributed by atoms with E-state index in [1.165, 1.54) is 11.8 Å². The Morgan fingerprint density at radius 2 is 1.83 bits per heavy atom. The molecule has 0 saturated carbocycles. The van der Waals surface area contributed by atoms with Crippen molar-refractivity contribution in [3.8, 4) is 11.5 Å². The summed E-state index contributed by atoms with van der Waals surface area (Å²) in [5, 5.41) is 3.45. The van der Waals surface area contributed by atoms with Crippen molar-refractivity contribution in [2.24, 2.45) is 0 Å². The van der Waals surface area contributed by atoms with Gasteiger partial charge in [0.05, 0.1) is 7.11 Å². The van der Waals surface area contributed by atoms with E-state index in [-0.39, 0.29) is 5.91 Å². The summed E-state index contributed by atoms with van der Waals surface area (Å²) in [6.45, 7) is 5.21. The lowest BCUT2D eigenvalue weighted by Gasteiger charge is -2.35. The Balaban J connectivity index is 1.28. The number of aromatic nitrogens is 1. The van der Waals surface area contributed by atoms with Gasteiger partial charge in [-0.15, -0.1) is 0 Å². The van der Waals surface area contributed by atoms with E-state index in [0.717, 1.165) is 38.3 Å². The minimum Gasteiger partial charge on any atom is -0.493 e. The molecule has 1 aliphatic rings. The topological polar surface area (TPSA) is 66.9 Å². The maximum absolute atomic E-state index is 12.4. The van der Waals surface area contributed by atoms with Gasteiger partial charge >= 0.3 is 0 Å². The molecule has 35 heavy (non-hydrogen) atoms. The molecule has 182 valence electrons. The van der Waals surface area contributed by atoms with E-state index in [4.69, 9.17) is 21.1 Å². The van der Waals surface area contributed by atoms with E-state index < -0.39 is 0 Å². The molecule has 4 rings (SSSR count). The second kappa shape index (κ2) is 12.2. The van der Waals surface area contributed by atoms with Crippen LogP contribution in [-0.2, 0) is 4.79 Å². The van der Waals surface area contributed by atoms with Gasteiger partial charge in [0.2, 0.25) is 5.91 Å². The van der Waals surface area contributed by atoms with Gasteiger partial charge in [0.1, 0.15) is 6.61 Å². The number of carbonyl (C=O) groups is 1. The molecule has 1 saturated heterocycles. The number of benzene rings is 2. The van der Waals surface area contributed by atoms with E-state index in [0.29, 0.717) is 28.8 Å². The van der Waals surface area contributed by atoms with E-state index in [1.54, 1.807) is 37.5 Å². The fraction of sp³-hybridized carbons (Fsp3) is 0.259. The minimum atomic E-state index is -0.256. The number of rotatable bonds is 9. The number of piperazine rings is 1. The smallest absolute Gasteiger partial charge is 0.248 e. The Morgan fingerprint density at radius 1 is 1.06 bits per heavy atom. The molecule has 0 spiro atoms. The molecule has 3 aromatic rings. The molecule has 7 nitrogen and oxygen atoms in total. The number of hydrogen-bond acceptors (Lipinski definition) is 6. The second-order valence-electron chi connectivity index (χ2n) is 8.09. The fourth-order valence-electron chi connectivity index (χ4n) is 3.90. The Morgan fingerprint density at radius 3 is 2.57 bits per heavy atom. The van der Waals surface area contributed by atoms with Crippen LogP contribution in [0, 0.1) is 0 Å². The van der Waals surface area contributed by atoms with Crippen LogP contribution in [0.2, 0.25) is 5.02 Å². The van der Waals surface area contributed by atoms with Gasteiger partial charge in [0.25, 0.3) is 0 Å². The number of pyridine rings is 1. The highest BCUT2D eigenvalue weighted by atomic mass is 35.5. The number of hydrogen-bond donors (Lipinski definition) is 1. The summed E-state index contributed by atoms with van der Waals surface area (Å²) < 4.78 is 11.5. The van der Waals surface area contributed by atoms with E-state index in [2.05, 4.69) is 20.1 Å². The number of anilines is 2. The first-order chi connectivity index (χ1) is 17.1. The SMILES string of the molecule is COc1ccc(NC(=O)/C=C/c2ccccc2Cl)cc1OCCN1CCN(c2ccncc2)CC1. The van der Waals surface area contributed by atoms with Crippen LogP contribution in [0.1, 0.15) is 5.56 Å². The zero-order valence-corrected chi connectivity index (χ0v) is 20.4. The zero-order valence-electron chi connectivity index (χ0n) is 19.7. The van der Waals surface area contributed by atoms with Crippen LogP contribution in [0.5, 0.6) is 11.5 Å². The summed E-state index contributed by atoms with van der Waals surface area (Å²) in [6.07, 6.45) is 6.80. The van der Waals surface area contributed by atoms with Crippen LogP contribution in [0.25, 0.3) is 6.08 Å². The highest BCUT2D eigenvalue weighted by Gasteiger charge is 2.17. The third-order valence-corrected chi connectivity index (χ3v) is 6.16. The molecular weight excluding hydrogens is 464 g/mol. The van der Waals surface area contributed by atoms with Crippen molar-refractivity contribution in [1.29, 1.82) is 0 Å². The summed E-state index contributed by atoms with van der Waals surface area (Å²) in [5.74, 6) is 0.959. The van der Waals surface area contributed by atoms with Crippen LogP contribution < -0.4 is 19.7 Å². The van der Waals surface area contributed by atoms with Gasteiger partial charge in [0.15, 0.2) is 11.5 Å². The van der Waals surface area contributed by atoms with E-state index in [9.17, 15) is 4.79 Å². The van der Waals surface area contributed by atoms with Crippen LogP contribution in [0.3, 0.4) is 0 Å². The number of methoxy groups -OCH3 is 1. The normalized spacial score (nSPS) is 14.2. The lowest BCUT2D eigenvalue weighted by Crippen LogP contribution is -2.47. The molecule has 8 heteroatoms. The molecule has 1 aromatic heterocycles. The maximum atomic E-state index is 12.4. The molecule has 0 radical (unpaired) electrons. The van der Waals surface area contributed by atoms with Crippen molar-refractivity contribution in [2.75, 3.05) is 56.7 Å². The lowest BCUT2D eigenvalue weighted by molar-refractivity contribution is -0.111. The van der Waals surface area contributed by atoms with Crippen molar-refractivity contribution in [3.05, 3.63) is 83.7 Å². The number of halogens is 1. The molecule has 0 atom stereocenters. The summed E-state index contributed by atoms with van der Waals surface area (Å²) in [4.78, 5) is 21.2. The number of nitrogens with zero attached hydrogens (tertiary/aromatic N) is 3. The standard InChI is InChI=1S/C27H29ClN4O3/c1-34-25-8-7-22(30-27(33)9-6-21-4-2-3-5-24(21)28)20-26(25)35-19-18-31-14-16-32(17-15-31)23-10-12-29-13-11-23/h2-13,20H,14-19H2,1H3,(H,30,33)/b9-6+. The Kier molecular flexibility index (Phi) is 8.59. The predicted molar refractivity (Wildman–Crippen MR) is 140 cm³/mol. The molecule has 1 N–H and O–H groups in total. The first-order valence-electron chi connectivity index (χ1n) is 11.5. The minimum absolute atomic E-state index is 0.256. The summed E-state index contributed by atoms with van der Waals surface area (Å²) >= 11 is 6.14. The molecular formula is C27H29ClN4O3. The molecule has 1 fully saturated rings. The number of amides is 1. The fourth-order valence-corrected chi connectivity index (χ4v) is 4.09. The first-order valence-corrected chi connectivity index (χ1v) is 11.9. The van der Waals surface area contributed by atoms with Crippen LogP contribution in [-0.4, -0.2) is 62.2 Å². The number of nitrogens with one attached hydrogen (secondary N) is 1. The summed E-state index contributed by atoms with van der Waals surface area (Å²) in [7, 11) is 1.60. The largest absolute Gasteiger partial charge is 0.493 e. The highest BCUT2D eigenvalue weighted by molar-refractivity contribution is 6.32. The third kappa shape index (κ3) is 6.97. The average Bonchev–Trinajstić information content (AvgIpc) is 2.89. The predicted octanol–water partition coefficient (Wildman–Crippen LogP) is 4.60. The average molecular weight is 493 g/mol. The number of carbonyl (C=O) groups excluding carboxylic acids is 1. The molecule has 1 amide bonds. The molecule has 2 heterocycles. The van der Waals surface area contributed by atoms with E-state index in [1.807, 2.05) is 42.7 Å². The zero-order chi connectivity index (χ0) is 24.5. The van der Waals surface area contributed by atoms with Gasteiger partial charge in [-0.2, -0.15) is 0 Å². The summed E-state index contributed by atoms with van der Waals surface area (Å²) in [6, 6.07) is 16.8. The quantitative estimate of drug-likeness (QED) is 0.440. The van der Waals surface area contributed by atoms with Crippen molar-refractivity contribution in [2.45, 2.75) is 0 Å². The van der Waals surface area contributed by atoms with Gasteiger partial charge in [-0.05, 0) is 42.0 Å². The molecule has 0 bridgehead atoms. The Labute approximate surface area is 210 Å². The van der Waals surface area contributed by atoms with Gasteiger partial charge in [0, 0.05) is 73.7 Å². The van der Waals surface area contributed by atoms with Crippen LogP contribution in [0.4, 0.5) is 11.4 Å². The van der Waals surface area contributed by atoms with E-state index >= 15 is 0 Å². The second-order valence-corrected chi connectivity index (χ2v) is 8.50. The summed E-state index contributed by atoms with van der Waals surface area (Å²) in [5.41, 5.74) is 2.62. The lowest BCUT2D eigenvalue weighted by atomic mass is 10.2. The third-order valence-electron chi connectivity index (χ3n) is 5.82. The molecule has 2 aromatic carbocycles. The number of ether oxygens (including phenoxy) is 2. The molecule has 0 aliphatic carbocycles. The van der Waals surface area contributed by atoms with Crippen LogP contribution >= 0.6 is 11.6 Å². The maximum Gasteiger partial charge on any atom is 0.248 e. The van der Waals surface area contributed by atoms with Gasteiger partial charge in [-0.25, -0.2) is 0 Å². The molecule has 0 unspecified atom stereocenters. The van der Waals surface area contributed by atoms with Crippen molar-refractivity contribution in [1.82, 2.24) is 9.88 Å². The van der Waals surface area contributed by atoms with Gasteiger partial charge < -0.3 is 19.7 Å². The monoisotopic (exact) mass is 492 g/mol. The van der Waals surface area contributed by atoms with Gasteiger partial charge in [-0.3, -0.25) is 14.7 Å². The highest BCUT2D eigenvalue weighted by Crippen LogP contribution is 2.30. The van der Waals surface area contributed by atoms with Crippen molar-refractivity contribution in [3.63, 3.8) is 0 Å². The Bertz CT molecular complexity index is 1150. The first kappa shape index (κ1) is 24.6.